The number of nitrogen functional groups attached to an aromatic ring is 1. The van der Waals surface area contributed by atoms with Crippen molar-refractivity contribution in [3.05, 3.63) is 23.8 Å². The highest BCUT2D eigenvalue weighted by molar-refractivity contribution is 5.94. The molecule has 0 spiro atoms. The van der Waals surface area contributed by atoms with Gasteiger partial charge in [0.1, 0.15) is 0 Å². The van der Waals surface area contributed by atoms with Gasteiger partial charge < -0.3 is 16.8 Å². The molecule has 0 unspecified atom stereocenters. The normalized spacial score (nSPS) is 16.2. The SMILES string of the molecule is NC(=O)c1ccc(NC2CCCC2)c(N)c1. The maximum atomic E-state index is 11.0. The molecule has 0 heterocycles. The molecule has 1 aliphatic rings. The molecule has 16 heavy (non-hydrogen) atoms. The van der Waals surface area contributed by atoms with Gasteiger partial charge in [-0.25, -0.2) is 0 Å². The minimum atomic E-state index is -0.445. The summed E-state index contributed by atoms with van der Waals surface area (Å²) >= 11 is 0. The van der Waals surface area contributed by atoms with Gasteiger partial charge in [-0.15, -0.1) is 0 Å². The Labute approximate surface area is 95.0 Å². The number of hydrogen-bond donors (Lipinski definition) is 3. The van der Waals surface area contributed by atoms with Crippen LogP contribution in [0.1, 0.15) is 36.0 Å². The summed E-state index contributed by atoms with van der Waals surface area (Å²) < 4.78 is 0. The van der Waals surface area contributed by atoms with Gasteiger partial charge in [0.15, 0.2) is 0 Å². The van der Waals surface area contributed by atoms with E-state index >= 15 is 0 Å². The second-order valence-electron chi connectivity index (χ2n) is 4.29. The van der Waals surface area contributed by atoms with Crippen molar-refractivity contribution in [1.29, 1.82) is 0 Å². The lowest BCUT2D eigenvalue weighted by Gasteiger charge is -2.15. The van der Waals surface area contributed by atoms with Crippen molar-refractivity contribution in [1.82, 2.24) is 0 Å². The van der Waals surface area contributed by atoms with Gasteiger partial charge in [-0.2, -0.15) is 0 Å². The monoisotopic (exact) mass is 219 g/mol. The van der Waals surface area contributed by atoms with E-state index in [0.29, 0.717) is 17.3 Å². The molecule has 0 aromatic heterocycles. The Bertz CT molecular complexity index is 397. The molecule has 0 radical (unpaired) electrons. The summed E-state index contributed by atoms with van der Waals surface area (Å²) in [6, 6.07) is 5.67. The highest BCUT2D eigenvalue weighted by Gasteiger charge is 2.15. The fourth-order valence-corrected chi connectivity index (χ4v) is 2.14. The summed E-state index contributed by atoms with van der Waals surface area (Å²) in [5.74, 6) is -0.445. The zero-order valence-electron chi connectivity index (χ0n) is 9.20. The third-order valence-electron chi connectivity index (χ3n) is 3.05. The molecule has 5 N–H and O–H groups in total. The van der Waals surface area contributed by atoms with Crippen LogP contribution in [0.15, 0.2) is 18.2 Å². The topological polar surface area (TPSA) is 81.1 Å². The largest absolute Gasteiger partial charge is 0.397 e. The highest BCUT2D eigenvalue weighted by Crippen LogP contribution is 2.26. The molecule has 0 aliphatic heterocycles. The van der Waals surface area contributed by atoms with Gasteiger partial charge in [-0.1, -0.05) is 12.8 Å². The summed E-state index contributed by atoms with van der Waals surface area (Å²) in [4.78, 5) is 11.0. The van der Waals surface area contributed by atoms with E-state index < -0.39 is 5.91 Å². The second kappa shape index (κ2) is 4.43. The van der Waals surface area contributed by atoms with E-state index in [-0.39, 0.29) is 0 Å². The first-order valence-electron chi connectivity index (χ1n) is 5.62. The van der Waals surface area contributed by atoms with Crippen molar-refractivity contribution in [3.8, 4) is 0 Å². The molecule has 1 saturated carbocycles. The molecular weight excluding hydrogens is 202 g/mol. The Kier molecular flexibility index (Phi) is 2.99. The molecule has 4 heteroatoms. The maximum Gasteiger partial charge on any atom is 0.248 e. The number of nitrogens with one attached hydrogen (secondary N) is 1. The number of carbonyl (C=O) groups is 1. The minimum absolute atomic E-state index is 0.445. The Morgan fingerprint density at radius 3 is 2.56 bits per heavy atom. The summed E-state index contributed by atoms with van der Waals surface area (Å²) in [7, 11) is 0. The molecule has 2 rings (SSSR count). The van der Waals surface area contributed by atoms with Crippen LogP contribution in [0.3, 0.4) is 0 Å². The van der Waals surface area contributed by atoms with Crippen LogP contribution >= 0.6 is 0 Å². The Balaban J connectivity index is 2.12. The Morgan fingerprint density at radius 2 is 2.00 bits per heavy atom. The number of nitrogens with two attached hydrogens (primary N) is 2. The first-order valence-corrected chi connectivity index (χ1v) is 5.62. The van der Waals surface area contributed by atoms with Gasteiger partial charge in [0.25, 0.3) is 0 Å². The standard InChI is InChI=1S/C12H17N3O/c13-10-7-8(12(14)16)5-6-11(10)15-9-3-1-2-4-9/h5-7,9,15H,1-4,13H2,(H2,14,16). The first kappa shape index (κ1) is 10.8. The number of anilines is 2. The van der Waals surface area contributed by atoms with Crippen molar-refractivity contribution in [2.24, 2.45) is 5.73 Å². The van der Waals surface area contributed by atoms with Crippen molar-refractivity contribution < 1.29 is 4.79 Å². The lowest BCUT2D eigenvalue weighted by molar-refractivity contribution is 0.100. The van der Waals surface area contributed by atoms with Gasteiger partial charge in [-0.05, 0) is 31.0 Å². The van der Waals surface area contributed by atoms with Gasteiger partial charge >= 0.3 is 0 Å². The minimum Gasteiger partial charge on any atom is -0.397 e. The molecule has 0 saturated heterocycles. The number of benzene rings is 1. The Morgan fingerprint density at radius 1 is 1.31 bits per heavy atom. The van der Waals surface area contributed by atoms with E-state index in [1.165, 1.54) is 25.7 Å². The first-order chi connectivity index (χ1) is 7.66. The van der Waals surface area contributed by atoms with Crippen LogP contribution in [0.25, 0.3) is 0 Å². The van der Waals surface area contributed by atoms with Crippen LogP contribution in [0.2, 0.25) is 0 Å². The number of primary amides is 1. The van der Waals surface area contributed by atoms with Crippen LogP contribution in [0, 0.1) is 0 Å². The number of carbonyl (C=O) groups excluding carboxylic acids is 1. The fourth-order valence-electron chi connectivity index (χ4n) is 2.14. The van der Waals surface area contributed by atoms with E-state index in [9.17, 15) is 4.79 Å². The molecular formula is C12H17N3O. The van der Waals surface area contributed by atoms with E-state index in [2.05, 4.69) is 5.32 Å². The molecule has 0 bridgehead atoms. The van der Waals surface area contributed by atoms with Crippen LogP contribution in [-0.2, 0) is 0 Å². The lowest BCUT2D eigenvalue weighted by atomic mass is 10.1. The predicted octanol–water partition coefficient (Wildman–Crippen LogP) is 1.72. The van der Waals surface area contributed by atoms with Gasteiger partial charge in [0.05, 0.1) is 11.4 Å². The Hall–Kier alpha value is -1.71. The molecule has 1 aliphatic carbocycles. The number of amides is 1. The van der Waals surface area contributed by atoms with Crippen LogP contribution < -0.4 is 16.8 Å². The molecule has 1 fully saturated rings. The molecule has 1 aromatic carbocycles. The van der Waals surface area contributed by atoms with E-state index in [1.807, 2.05) is 6.07 Å². The third kappa shape index (κ3) is 2.27. The zero-order valence-corrected chi connectivity index (χ0v) is 9.20. The van der Waals surface area contributed by atoms with Gasteiger partial charge in [0, 0.05) is 11.6 Å². The smallest absolute Gasteiger partial charge is 0.248 e. The van der Waals surface area contributed by atoms with Crippen LogP contribution in [0.4, 0.5) is 11.4 Å². The number of hydrogen-bond acceptors (Lipinski definition) is 3. The lowest BCUT2D eigenvalue weighted by Crippen LogP contribution is -2.16. The molecule has 0 atom stereocenters. The summed E-state index contributed by atoms with van der Waals surface area (Å²) in [5, 5.41) is 3.40. The van der Waals surface area contributed by atoms with Gasteiger partial charge in [0.2, 0.25) is 5.91 Å². The third-order valence-corrected chi connectivity index (χ3v) is 3.05. The summed E-state index contributed by atoms with van der Waals surface area (Å²) in [5.41, 5.74) is 13.0. The summed E-state index contributed by atoms with van der Waals surface area (Å²) in [6.07, 6.45) is 4.93. The molecule has 86 valence electrons. The second-order valence-corrected chi connectivity index (χ2v) is 4.29. The molecule has 1 aromatic rings. The fraction of sp³-hybridized carbons (Fsp3) is 0.417. The quantitative estimate of drug-likeness (QED) is 0.677. The average molecular weight is 219 g/mol. The molecule has 1 amide bonds. The van der Waals surface area contributed by atoms with E-state index in [4.69, 9.17) is 11.5 Å². The average Bonchev–Trinajstić information content (AvgIpc) is 2.73. The van der Waals surface area contributed by atoms with E-state index in [1.54, 1.807) is 12.1 Å². The molecule has 4 nitrogen and oxygen atoms in total. The van der Waals surface area contributed by atoms with Crippen LogP contribution in [0.5, 0.6) is 0 Å². The van der Waals surface area contributed by atoms with Crippen molar-refractivity contribution in [2.75, 3.05) is 11.1 Å². The highest BCUT2D eigenvalue weighted by atomic mass is 16.1. The number of rotatable bonds is 3. The van der Waals surface area contributed by atoms with Crippen molar-refractivity contribution in [2.45, 2.75) is 31.7 Å². The summed E-state index contributed by atoms with van der Waals surface area (Å²) in [6.45, 7) is 0. The van der Waals surface area contributed by atoms with E-state index in [0.717, 1.165) is 5.69 Å². The van der Waals surface area contributed by atoms with Gasteiger partial charge in [-0.3, -0.25) is 4.79 Å². The maximum absolute atomic E-state index is 11.0. The van der Waals surface area contributed by atoms with Crippen LogP contribution in [-0.4, -0.2) is 11.9 Å². The predicted molar refractivity (Wildman–Crippen MR) is 65.3 cm³/mol. The van der Waals surface area contributed by atoms with Crippen molar-refractivity contribution in [3.63, 3.8) is 0 Å². The van der Waals surface area contributed by atoms with Crippen molar-refractivity contribution >= 4 is 17.3 Å². The zero-order chi connectivity index (χ0) is 11.5.